The first-order chi connectivity index (χ1) is 13.3. The highest BCUT2D eigenvalue weighted by molar-refractivity contribution is 8.14. The van der Waals surface area contributed by atoms with Crippen molar-refractivity contribution in [2.45, 2.75) is 76.7 Å². The molecule has 2 fully saturated rings. The van der Waals surface area contributed by atoms with Crippen LogP contribution >= 0.6 is 11.8 Å². The van der Waals surface area contributed by atoms with Crippen LogP contribution in [-0.2, 0) is 14.3 Å². The third-order valence-corrected chi connectivity index (χ3v) is 6.21. The molecule has 0 aromatic carbocycles. The fourth-order valence-electron chi connectivity index (χ4n) is 3.59. The molecule has 0 aromatic rings. The number of ether oxygens (including phenoxy) is 2. The van der Waals surface area contributed by atoms with Crippen LogP contribution in [0.15, 0.2) is 23.8 Å². The summed E-state index contributed by atoms with van der Waals surface area (Å²) in [6, 6.07) is -0.314. The number of nitrogens with one attached hydrogen (secondary N) is 1. The molecule has 2 N–H and O–H groups in total. The molecule has 7 heteroatoms. The van der Waals surface area contributed by atoms with Crippen molar-refractivity contribution in [3.05, 3.63) is 23.8 Å². The molecule has 0 bridgehead atoms. The van der Waals surface area contributed by atoms with Gasteiger partial charge >= 0.3 is 5.97 Å². The second kappa shape index (κ2) is 11.0. The lowest BCUT2D eigenvalue weighted by molar-refractivity contribution is -0.264. The Kier molecular flexibility index (Phi) is 9.05. The molecule has 0 unspecified atom stereocenters. The highest BCUT2D eigenvalue weighted by Crippen LogP contribution is 2.35. The van der Waals surface area contributed by atoms with E-state index in [4.69, 9.17) is 4.74 Å². The number of esters is 1. The first-order valence-corrected chi connectivity index (χ1v) is 11.1. The number of carbonyl (C=O) groups is 2. The summed E-state index contributed by atoms with van der Waals surface area (Å²) in [5.41, 5.74) is 1.01. The van der Waals surface area contributed by atoms with Crippen molar-refractivity contribution in [3.63, 3.8) is 0 Å². The minimum Gasteiger partial charge on any atom is -0.466 e. The Hall–Kier alpha value is -1.31. The molecule has 0 spiro atoms. The normalized spacial score (nSPS) is 29.7. The van der Waals surface area contributed by atoms with E-state index in [0.717, 1.165) is 44.1 Å². The standard InChI is InChI=1S/C21H33NO5S/c1-15(7-4-5-8-16(2)13-19(23)26-3)10-11-17-9-6-12-21(25,27-17)18-14-28-20(24)22-18/h4,7,13,15,17-18,25H,5-6,8-12,14H2,1-3H3,(H,22,24)/b7-4-,16-13-/t15-,17-,18+,21+/m0/s1. The Bertz CT molecular complexity index is 606. The monoisotopic (exact) mass is 411 g/mol. The van der Waals surface area contributed by atoms with Gasteiger partial charge in [0.2, 0.25) is 0 Å². The number of carbonyl (C=O) groups excluding carboxylic acids is 2. The summed E-state index contributed by atoms with van der Waals surface area (Å²) in [6.45, 7) is 4.11. The van der Waals surface area contributed by atoms with Crippen molar-refractivity contribution in [1.29, 1.82) is 0 Å². The maximum absolute atomic E-state index is 11.4. The van der Waals surface area contributed by atoms with Gasteiger partial charge in [-0.3, -0.25) is 4.79 Å². The topological polar surface area (TPSA) is 84.9 Å². The van der Waals surface area contributed by atoms with E-state index < -0.39 is 5.79 Å². The molecule has 0 radical (unpaired) electrons. The first kappa shape index (κ1) is 23.0. The molecule has 1 amide bonds. The van der Waals surface area contributed by atoms with Crippen LogP contribution in [-0.4, -0.2) is 47.1 Å². The molecule has 2 rings (SSSR count). The smallest absolute Gasteiger partial charge is 0.330 e. The molecule has 2 saturated heterocycles. The zero-order valence-electron chi connectivity index (χ0n) is 17.1. The maximum atomic E-state index is 11.4. The zero-order chi connectivity index (χ0) is 20.6. The molecule has 2 aliphatic heterocycles. The van der Waals surface area contributed by atoms with Gasteiger partial charge in [0.15, 0.2) is 5.79 Å². The van der Waals surface area contributed by atoms with E-state index in [2.05, 4.69) is 29.1 Å². The van der Waals surface area contributed by atoms with Gasteiger partial charge in [-0.15, -0.1) is 0 Å². The molecule has 2 heterocycles. The summed E-state index contributed by atoms with van der Waals surface area (Å²) in [5, 5.41) is 13.6. The number of methoxy groups -OCH3 is 1. The highest BCUT2D eigenvalue weighted by Gasteiger charge is 2.45. The van der Waals surface area contributed by atoms with Crippen LogP contribution in [0.25, 0.3) is 0 Å². The molecule has 2 aliphatic rings. The largest absolute Gasteiger partial charge is 0.466 e. The van der Waals surface area contributed by atoms with E-state index in [1.54, 1.807) is 0 Å². The van der Waals surface area contributed by atoms with Crippen molar-refractivity contribution in [2.75, 3.05) is 12.9 Å². The fourth-order valence-corrected chi connectivity index (χ4v) is 4.48. The fraction of sp³-hybridized carbons (Fsp3) is 0.714. The molecule has 0 aromatic heterocycles. The quantitative estimate of drug-likeness (QED) is 0.340. The van der Waals surface area contributed by atoms with Gasteiger partial charge in [-0.2, -0.15) is 0 Å². The Labute approximate surface area is 172 Å². The molecule has 158 valence electrons. The maximum Gasteiger partial charge on any atom is 0.330 e. The molecule has 28 heavy (non-hydrogen) atoms. The summed E-state index contributed by atoms with van der Waals surface area (Å²) < 4.78 is 10.6. The molecule has 0 saturated carbocycles. The lowest BCUT2D eigenvalue weighted by Gasteiger charge is -2.40. The molecular formula is C21H33NO5S. The van der Waals surface area contributed by atoms with Gasteiger partial charge in [0, 0.05) is 18.2 Å². The Morgan fingerprint density at radius 2 is 2.32 bits per heavy atom. The summed E-state index contributed by atoms with van der Waals surface area (Å²) >= 11 is 1.21. The van der Waals surface area contributed by atoms with Crippen LogP contribution in [0.1, 0.15) is 58.8 Å². The summed E-state index contributed by atoms with van der Waals surface area (Å²) in [5.74, 6) is -0.557. The van der Waals surface area contributed by atoms with Crippen LogP contribution in [0, 0.1) is 5.92 Å². The second-order valence-electron chi connectivity index (χ2n) is 7.81. The van der Waals surface area contributed by atoms with Gasteiger partial charge in [0.05, 0.1) is 19.3 Å². The van der Waals surface area contributed by atoms with Crippen LogP contribution < -0.4 is 5.32 Å². The van der Waals surface area contributed by atoms with Crippen molar-refractivity contribution in [3.8, 4) is 0 Å². The van der Waals surface area contributed by atoms with E-state index in [0.29, 0.717) is 18.1 Å². The Morgan fingerprint density at radius 3 is 3.00 bits per heavy atom. The van der Waals surface area contributed by atoms with Crippen molar-refractivity contribution < 1.29 is 24.2 Å². The minimum absolute atomic E-state index is 0.0299. The van der Waals surface area contributed by atoms with Gasteiger partial charge in [0.25, 0.3) is 5.24 Å². The number of hydrogen-bond acceptors (Lipinski definition) is 6. The van der Waals surface area contributed by atoms with Crippen LogP contribution in [0.5, 0.6) is 0 Å². The average molecular weight is 412 g/mol. The lowest BCUT2D eigenvalue weighted by Crippen LogP contribution is -2.55. The van der Waals surface area contributed by atoms with E-state index in [1.165, 1.54) is 24.9 Å². The minimum atomic E-state index is -1.23. The summed E-state index contributed by atoms with van der Waals surface area (Å²) in [6.07, 6.45) is 12.0. The number of amides is 1. The second-order valence-corrected chi connectivity index (χ2v) is 8.80. The number of thioether (sulfide) groups is 1. The third kappa shape index (κ3) is 7.26. The lowest BCUT2D eigenvalue weighted by atomic mass is 9.92. The van der Waals surface area contributed by atoms with Crippen LogP contribution in [0.2, 0.25) is 0 Å². The number of allylic oxidation sites excluding steroid dienone is 3. The number of aliphatic hydroxyl groups is 1. The van der Waals surface area contributed by atoms with Crippen molar-refractivity contribution in [2.24, 2.45) is 5.92 Å². The highest BCUT2D eigenvalue weighted by atomic mass is 32.2. The van der Waals surface area contributed by atoms with Gasteiger partial charge in [-0.05, 0) is 51.4 Å². The average Bonchev–Trinajstić information content (AvgIpc) is 3.11. The predicted molar refractivity (Wildman–Crippen MR) is 111 cm³/mol. The Morgan fingerprint density at radius 1 is 1.54 bits per heavy atom. The van der Waals surface area contributed by atoms with Gasteiger partial charge in [-0.1, -0.05) is 36.4 Å². The summed E-state index contributed by atoms with van der Waals surface area (Å²) in [4.78, 5) is 22.6. The van der Waals surface area contributed by atoms with Crippen molar-refractivity contribution >= 4 is 23.0 Å². The van der Waals surface area contributed by atoms with Crippen LogP contribution in [0.3, 0.4) is 0 Å². The summed E-state index contributed by atoms with van der Waals surface area (Å²) in [7, 11) is 1.38. The predicted octanol–water partition coefficient (Wildman–Crippen LogP) is 3.94. The molecule has 6 nitrogen and oxygen atoms in total. The SMILES string of the molecule is COC(=O)/C=C(/C)CC/C=C\[C@H](C)CC[C@@H]1CCC[C@](O)([C@H]2CSC(=O)N2)O1. The number of hydrogen-bond donors (Lipinski definition) is 2. The Balaban J connectivity index is 1.70. The third-order valence-electron chi connectivity index (χ3n) is 5.33. The van der Waals surface area contributed by atoms with E-state index in [1.807, 2.05) is 6.92 Å². The van der Waals surface area contributed by atoms with Gasteiger partial charge in [0.1, 0.15) is 0 Å². The molecule has 0 aliphatic carbocycles. The van der Waals surface area contributed by atoms with E-state index >= 15 is 0 Å². The first-order valence-electron chi connectivity index (χ1n) is 10.1. The van der Waals surface area contributed by atoms with Crippen LogP contribution in [0.4, 0.5) is 4.79 Å². The molecular weight excluding hydrogens is 378 g/mol. The van der Waals surface area contributed by atoms with Gasteiger partial charge in [-0.25, -0.2) is 4.79 Å². The van der Waals surface area contributed by atoms with Gasteiger partial charge < -0.3 is 19.9 Å². The zero-order valence-corrected chi connectivity index (χ0v) is 17.9. The van der Waals surface area contributed by atoms with Crippen molar-refractivity contribution in [1.82, 2.24) is 5.32 Å². The number of rotatable bonds is 9. The van der Waals surface area contributed by atoms with E-state index in [9.17, 15) is 14.7 Å². The van der Waals surface area contributed by atoms with E-state index in [-0.39, 0.29) is 23.4 Å². The molecule has 4 atom stereocenters.